The number of piperidine rings is 3. The van der Waals surface area contributed by atoms with Crippen molar-refractivity contribution in [3.8, 4) is 0 Å². The summed E-state index contributed by atoms with van der Waals surface area (Å²) < 4.78 is 0. The number of carbonyl (C=O) groups is 1. The van der Waals surface area contributed by atoms with Crippen LogP contribution in [-0.2, 0) is 4.79 Å². The van der Waals surface area contributed by atoms with Gasteiger partial charge in [0.05, 0.1) is 0 Å². The van der Waals surface area contributed by atoms with Crippen molar-refractivity contribution in [1.82, 2.24) is 14.9 Å². The summed E-state index contributed by atoms with van der Waals surface area (Å²) in [6.07, 6.45) is 15.9. The number of amides is 1. The van der Waals surface area contributed by atoms with Gasteiger partial charge in [-0.3, -0.25) is 4.79 Å². The van der Waals surface area contributed by atoms with Gasteiger partial charge in [-0.1, -0.05) is 32.1 Å². The summed E-state index contributed by atoms with van der Waals surface area (Å²) in [4.78, 5) is 27.1. The van der Waals surface area contributed by atoms with Gasteiger partial charge in [0.1, 0.15) is 0 Å². The van der Waals surface area contributed by atoms with Crippen molar-refractivity contribution in [3.63, 3.8) is 0 Å². The van der Waals surface area contributed by atoms with Gasteiger partial charge in [0.2, 0.25) is 5.91 Å². The van der Waals surface area contributed by atoms with E-state index in [2.05, 4.69) is 25.1 Å². The number of anilines is 2. The molecule has 29 heavy (non-hydrogen) atoms. The predicted octanol–water partition coefficient (Wildman–Crippen LogP) is 3.69. The molecule has 5 rings (SSSR count). The minimum Gasteiger partial charge on any atom is -0.370 e. The summed E-state index contributed by atoms with van der Waals surface area (Å²) in [7, 11) is 1.92. The van der Waals surface area contributed by atoms with Gasteiger partial charge in [-0.25, -0.2) is 9.97 Å². The molecule has 1 aliphatic carbocycles. The zero-order chi connectivity index (χ0) is 19.8. The van der Waals surface area contributed by atoms with Crippen molar-refractivity contribution < 1.29 is 4.79 Å². The lowest BCUT2D eigenvalue weighted by Crippen LogP contribution is -2.65. The van der Waals surface area contributed by atoms with Crippen LogP contribution in [0.1, 0.15) is 64.2 Å². The highest BCUT2D eigenvalue weighted by Crippen LogP contribution is 2.45. The lowest BCUT2D eigenvalue weighted by Gasteiger charge is -2.57. The van der Waals surface area contributed by atoms with Crippen molar-refractivity contribution in [2.24, 2.45) is 17.8 Å². The molecule has 2 bridgehead atoms. The van der Waals surface area contributed by atoms with E-state index in [9.17, 15) is 4.79 Å². The molecule has 6 nitrogen and oxygen atoms in total. The topological polar surface area (TPSA) is 61.4 Å². The molecule has 4 atom stereocenters. The van der Waals surface area contributed by atoms with E-state index >= 15 is 0 Å². The fraction of sp³-hybridized carbons (Fsp3) is 0.783. The molecule has 158 valence electrons. The third-order valence-corrected chi connectivity index (χ3v) is 8.01. The zero-order valence-corrected chi connectivity index (χ0v) is 17.7. The Labute approximate surface area is 174 Å². The number of rotatable bonds is 4. The zero-order valence-electron chi connectivity index (χ0n) is 17.7. The molecule has 4 heterocycles. The third kappa shape index (κ3) is 3.59. The SMILES string of the molecule is CNc1nccnc1N1C[C@H]2C[C@@H](C1)[C@H](CC1CCCCC1)N1C(=O)CCC[C@@H]21. The molecular weight excluding hydrogens is 362 g/mol. The molecule has 0 radical (unpaired) electrons. The van der Waals surface area contributed by atoms with Crippen LogP contribution in [0.25, 0.3) is 0 Å². The van der Waals surface area contributed by atoms with Crippen LogP contribution in [0.3, 0.4) is 0 Å². The van der Waals surface area contributed by atoms with Crippen LogP contribution in [0.15, 0.2) is 12.4 Å². The van der Waals surface area contributed by atoms with E-state index < -0.39 is 0 Å². The second kappa shape index (κ2) is 8.11. The van der Waals surface area contributed by atoms with E-state index in [0.29, 0.717) is 29.8 Å². The summed E-state index contributed by atoms with van der Waals surface area (Å²) >= 11 is 0. The quantitative estimate of drug-likeness (QED) is 0.839. The van der Waals surface area contributed by atoms with Gasteiger partial charge >= 0.3 is 0 Å². The number of aromatic nitrogens is 2. The monoisotopic (exact) mass is 397 g/mol. The molecule has 1 N–H and O–H groups in total. The summed E-state index contributed by atoms with van der Waals surface area (Å²) in [5.74, 6) is 4.21. The molecule has 1 aromatic heterocycles. The summed E-state index contributed by atoms with van der Waals surface area (Å²) in [6, 6.07) is 0.850. The standard InChI is InChI=1S/C23H35N5O/c1-24-22-23(26-11-10-25-22)27-14-17-13-18(15-27)20(12-16-6-3-2-4-7-16)28-19(17)8-5-9-21(28)29/h10-11,16-20H,2-9,12-15H2,1H3,(H,24,25)/t17-,18+,19+,20+/m1/s1. The maximum absolute atomic E-state index is 13.0. The number of nitrogens with one attached hydrogen (secondary N) is 1. The van der Waals surface area contributed by atoms with Crippen LogP contribution in [0.5, 0.6) is 0 Å². The second-order valence-corrected chi connectivity index (χ2v) is 9.71. The normalized spacial score (nSPS) is 32.8. The number of nitrogens with zero attached hydrogens (tertiary/aromatic N) is 4. The smallest absolute Gasteiger partial charge is 0.223 e. The number of fused-ring (bicyclic) bond motifs is 4. The van der Waals surface area contributed by atoms with Crippen LogP contribution in [0, 0.1) is 17.8 Å². The molecule has 1 amide bonds. The Morgan fingerprint density at radius 1 is 1.03 bits per heavy atom. The lowest BCUT2D eigenvalue weighted by molar-refractivity contribution is -0.149. The fourth-order valence-electron chi connectivity index (χ4n) is 6.75. The Hall–Kier alpha value is -1.85. The van der Waals surface area contributed by atoms with Crippen LogP contribution >= 0.6 is 0 Å². The maximum atomic E-state index is 13.0. The van der Waals surface area contributed by atoms with E-state index in [1.165, 1.54) is 51.4 Å². The highest BCUT2D eigenvalue weighted by molar-refractivity contribution is 5.78. The van der Waals surface area contributed by atoms with Crippen molar-refractivity contribution in [3.05, 3.63) is 12.4 Å². The minimum atomic E-state index is 0.421. The Morgan fingerprint density at radius 2 is 1.83 bits per heavy atom. The van der Waals surface area contributed by atoms with Crippen LogP contribution in [-0.4, -0.2) is 53.0 Å². The van der Waals surface area contributed by atoms with E-state index in [1.807, 2.05) is 7.05 Å². The lowest BCUT2D eigenvalue weighted by atomic mass is 9.69. The van der Waals surface area contributed by atoms with E-state index in [4.69, 9.17) is 0 Å². The van der Waals surface area contributed by atoms with Gasteiger partial charge in [-0.15, -0.1) is 0 Å². The average molecular weight is 398 g/mol. The Kier molecular flexibility index (Phi) is 5.35. The fourth-order valence-corrected chi connectivity index (χ4v) is 6.75. The van der Waals surface area contributed by atoms with Crippen LogP contribution < -0.4 is 10.2 Å². The number of carbonyl (C=O) groups excluding carboxylic acids is 1. The van der Waals surface area contributed by atoms with Crippen molar-refractivity contribution in [1.29, 1.82) is 0 Å². The Balaban J connectivity index is 1.43. The van der Waals surface area contributed by atoms with E-state index in [0.717, 1.165) is 43.5 Å². The largest absolute Gasteiger partial charge is 0.370 e. The number of hydrogen-bond donors (Lipinski definition) is 1. The molecule has 0 spiro atoms. The minimum absolute atomic E-state index is 0.421. The predicted molar refractivity (Wildman–Crippen MR) is 115 cm³/mol. The molecule has 0 aromatic carbocycles. The molecule has 3 saturated heterocycles. The molecule has 1 saturated carbocycles. The maximum Gasteiger partial charge on any atom is 0.223 e. The van der Waals surface area contributed by atoms with Gasteiger partial charge in [0, 0.05) is 51.0 Å². The van der Waals surface area contributed by atoms with Crippen molar-refractivity contribution >= 4 is 17.5 Å². The third-order valence-electron chi connectivity index (χ3n) is 8.01. The molecular formula is C23H35N5O. The molecule has 0 unspecified atom stereocenters. The van der Waals surface area contributed by atoms with Crippen LogP contribution in [0.2, 0.25) is 0 Å². The molecule has 3 aliphatic heterocycles. The number of hydrogen-bond acceptors (Lipinski definition) is 5. The van der Waals surface area contributed by atoms with Gasteiger partial charge in [-0.05, 0) is 43.4 Å². The first kappa shape index (κ1) is 19.1. The highest BCUT2D eigenvalue weighted by Gasteiger charge is 2.50. The van der Waals surface area contributed by atoms with Crippen molar-refractivity contribution in [2.75, 3.05) is 30.4 Å². The van der Waals surface area contributed by atoms with Gasteiger partial charge < -0.3 is 15.1 Å². The first-order chi connectivity index (χ1) is 14.2. The summed E-state index contributed by atoms with van der Waals surface area (Å²) in [5.41, 5.74) is 0. The summed E-state index contributed by atoms with van der Waals surface area (Å²) in [6.45, 7) is 1.99. The van der Waals surface area contributed by atoms with Gasteiger partial charge in [0.15, 0.2) is 11.6 Å². The molecule has 4 fully saturated rings. The Bertz CT molecular complexity index is 734. The molecule has 6 heteroatoms. The second-order valence-electron chi connectivity index (χ2n) is 9.71. The summed E-state index contributed by atoms with van der Waals surface area (Å²) in [5, 5.41) is 3.22. The van der Waals surface area contributed by atoms with Gasteiger partial charge in [-0.2, -0.15) is 0 Å². The van der Waals surface area contributed by atoms with Gasteiger partial charge in [0.25, 0.3) is 0 Å². The average Bonchev–Trinajstić information content (AvgIpc) is 2.77. The first-order valence-corrected chi connectivity index (χ1v) is 11.8. The van der Waals surface area contributed by atoms with E-state index in [-0.39, 0.29) is 0 Å². The first-order valence-electron chi connectivity index (χ1n) is 11.8. The van der Waals surface area contributed by atoms with E-state index in [1.54, 1.807) is 12.4 Å². The molecule has 1 aromatic rings. The van der Waals surface area contributed by atoms with Crippen molar-refractivity contribution in [2.45, 2.75) is 76.3 Å². The highest BCUT2D eigenvalue weighted by atomic mass is 16.2. The molecule has 4 aliphatic rings. The Morgan fingerprint density at radius 3 is 2.66 bits per heavy atom. The van der Waals surface area contributed by atoms with Crippen LogP contribution in [0.4, 0.5) is 11.6 Å².